The maximum atomic E-state index is 13.1. The second kappa shape index (κ2) is 7.39. The van der Waals surface area contributed by atoms with Gasteiger partial charge in [0.25, 0.3) is 0 Å². The van der Waals surface area contributed by atoms with Crippen LogP contribution in [0.2, 0.25) is 0 Å². The standard InChI is InChI=1S/C16H16F2N2O3S/c1-11(16(21)19-14-6-2-4-12(17)8-14)10-24(22,23)20-15-7-3-5-13(18)9-15/h2-9,11,20H,10H2,1H3,(H,19,21). The van der Waals surface area contributed by atoms with E-state index in [4.69, 9.17) is 0 Å². The van der Waals surface area contributed by atoms with Gasteiger partial charge in [-0.1, -0.05) is 19.1 Å². The first-order valence-corrected chi connectivity index (χ1v) is 8.73. The first kappa shape index (κ1) is 17.9. The van der Waals surface area contributed by atoms with Crippen LogP contribution in [0.25, 0.3) is 0 Å². The molecule has 2 N–H and O–H groups in total. The van der Waals surface area contributed by atoms with E-state index in [1.807, 2.05) is 0 Å². The molecule has 0 aromatic heterocycles. The summed E-state index contributed by atoms with van der Waals surface area (Å²) in [5, 5.41) is 2.45. The number of nitrogens with one attached hydrogen (secondary N) is 2. The fraction of sp³-hybridized carbons (Fsp3) is 0.188. The first-order valence-electron chi connectivity index (χ1n) is 7.08. The highest BCUT2D eigenvalue weighted by Crippen LogP contribution is 2.15. The molecule has 0 aliphatic rings. The van der Waals surface area contributed by atoms with Crippen molar-refractivity contribution in [1.29, 1.82) is 0 Å². The van der Waals surface area contributed by atoms with Crippen molar-refractivity contribution in [2.75, 3.05) is 15.8 Å². The van der Waals surface area contributed by atoms with Gasteiger partial charge in [-0.25, -0.2) is 17.2 Å². The van der Waals surface area contributed by atoms with Crippen molar-refractivity contribution in [1.82, 2.24) is 0 Å². The maximum Gasteiger partial charge on any atom is 0.233 e. The Labute approximate surface area is 138 Å². The predicted molar refractivity (Wildman–Crippen MR) is 88.0 cm³/mol. The SMILES string of the molecule is CC(CS(=O)(=O)Nc1cccc(F)c1)C(=O)Nc1cccc(F)c1. The average Bonchev–Trinajstić information content (AvgIpc) is 2.46. The Morgan fingerprint density at radius 1 is 1.04 bits per heavy atom. The van der Waals surface area contributed by atoms with Crippen molar-refractivity contribution in [2.24, 2.45) is 5.92 Å². The van der Waals surface area contributed by atoms with Crippen molar-refractivity contribution in [2.45, 2.75) is 6.92 Å². The van der Waals surface area contributed by atoms with E-state index in [0.29, 0.717) is 0 Å². The maximum absolute atomic E-state index is 13.1. The van der Waals surface area contributed by atoms with Crippen LogP contribution in [0.3, 0.4) is 0 Å². The molecule has 0 saturated carbocycles. The minimum Gasteiger partial charge on any atom is -0.326 e. The van der Waals surface area contributed by atoms with Crippen LogP contribution in [-0.2, 0) is 14.8 Å². The quantitative estimate of drug-likeness (QED) is 0.837. The number of carbonyl (C=O) groups excluding carboxylic acids is 1. The zero-order valence-electron chi connectivity index (χ0n) is 12.8. The monoisotopic (exact) mass is 354 g/mol. The lowest BCUT2D eigenvalue weighted by molar-refractivity contribution is -0.118. The molecule has 128 valence electrons. The van der Waals surface area contributed by atoms with Crippen LogP contribution in [0.15, 0.2) is 48.5 Å². The first-order chi connectivity index (χ1) is 11.2. The zero-order valence-corrected chi connectivity index (χ0v) is 13.6. The summed E-state index contributed by atoms with van der Waals surface area (Å²) < 4.78 is 52.5. The van der Waals surface area contributed by atoms with Gasteiger partial charge in [-0.3, -0.25) is 9.52 Å². The molecule has 8 heteroatoms. The number of carbonyl (C=O) groups is 1. The summed E-state index contributed by atoms with van der Waals surface area (Å²) >= 11 is 0. The zero-order chi connectivity index (χ0) is 17.7. The number of benzene rings is 2. The summed E-state index contributed by atoms with van der Waals surface area (Å²) in [6.07, 6.45) is 0. The molecule has 1 unspecified atom stereocenters. The van der Waals surface area contributed by atoms with Gasteiger partial charge >= 0.3 is 0 Å². The van der Waals surface area contributed by atoms with E-state index in [1.165, 1.54) is 43.3 Å². The van der Waals surface area contributed by atoms with Crippen LogP contribution in [0.4, 0.5) is 20.2 Å². The van der Waals surface area contributed by atoms with E-state index in [2.05, 4.69) is 10.0 Å². The van der Waals surface area contributed by atoms with Crippen molar-refractivity contribution in [3.63, 3.8) is 0 Å². The van der Waals surface area contributed by atoms with Crippen LogP contribution in [0.5, 0.6) is 0 Å². The second-order valence-corrected chi connectivity index (χ2v) is 7.06. The number of amides is 1. The molecule has 0 spiro atoms. The van der Waals surface area contributed by atoms with Gasteiger partial charge in [-0.05, 0) is 36.4 Å². The third-order valence-electron chi connectivity index (χ3n) is 3.11. The van der Waals surface area contributed by atoms with Crippen molar-refractivity contribution in [3.05, 3.63) is 60.2 Å². The molecule has 0 aliphatic heterocycles. The molecule has 2 aromatic carbocycles. The van der Waals surface area contributed by atoms with Gasteiger partial charge in [0, 0.05) is 5.69 Å². The normalized spacial score (nSPS) is 12.5. The van der Waals surface area contributed by atoms with E-state index < -0.39 is 39.2 Å². The smallest absolute Gasteiger partial charge is 0.233 e. The summed E-state index contributed by atoms with van der Waals surface area (Å²) in [4.78, 5) is 12.0. The molecule has 1 amide bonds. The average molecular weight is 354 g/mol. The minimum absolute atomic E-state index is 0.0766. The molecule has 24 heavy (non-hydrogen) atoms. The van der Waals surface area contributed by atoms with E-state index in [9.17, 15) is 22.0 Å². The summed E-state index contributed by atoms with van der Waals surface area (Å²) in [5.41, 5.74) is 0.315. The van der Waals surface area contributed by atoms with Crippen LogP contribution in [-0.4, -0.2) is 20.1 Å². The fourth-order valence-corrected chi connectivity index (χ4v) is 3.39. The fourth-order valence-electron chi connectivity index (χ4n) is 2.01. The highest BCUT2D eigenvalue weighted by Gasteiger charge is 2.22. The lowest BCUT2D eigenvalue weighted by atomic mass is 10.2. The molecule has 2 rings (SSSR count). The molecular weight excluding hydrogens is 338 g/mol. The van der Waals surface area contributed by atoms with Crippen LogP contribution in [0, 0.1) is 17.6 Å². The number of rotatable bonds is 6. The van der Waals surface area contributed by atoms with Gasteiger partial charge in [0.05, 0.1) is 17.4 Å². The summed E-state index contributed by atoms with van der Waals surface area (Å²) in [6, 6.07) is 10.3. The number of hydrogen-bond acceptors (Lipinski definition) is 3. The van der Waals surface area contributed by atoms with E-state index in [-0.39, 0.29) is 11.4 Å². The molecule has 2 aromatic rings. The summed E-state index contributed by atoms with van der Waals surface area (Å²) in [5.74, 6) is -3.04. The second-order valence-electron chi connectivity index (χ2n) is 5.29. The van der Waals surface area contributed by atoms with Gasteiger partial charge in [0.2, 0.25) is 15.9 Å². The molecular formula is C16H16F2N2O3S. The van der Waals surface area contributed by atoms with E-state index >= 15 is 0 Å². The molecule has 0 fully saturated rings. The Morgan fingerprint density at radius 2 is 1.58 bits per heavy atom. The Balaban J connectivity index is 1.99. The molecule has 0 saturated heterocycles. The van der Waals surface area contributed by atoms with Crippen molar-refractivity contribution in [3.8, 4) is 0 Å². The lowest BCUT2D eigenvalue weighted by Crippen LogP contribution is -2.29. The highest BCUT2D eigenvalue weighted by atomic mass is 32.2. The summed E-state index contributed by atoms with van der Waals surface area (Å²) in [6.45, 7) is 1.43. The van der Waals surface area contributed by atoms with Crippen LogP contribution >= 0.6 is 0 Å². The number of halogens is 2. The topological polar surface area (TPSA) is 75.3 Å². The predicted octanol–water partition coefficient (Wildman–Crippen LogP) is 2.98. The van der Waals surface area contributed by atoms with Crippen LogP contribution in [0.1, 0.15) is 6.92 Å². The number of anilines is 2. The number of sulfonamides is 1. The Kier molecular flexibility index (Phi) is 5.50. The molecule has 5 nitrogen and oxygen atoms in total. The highest BCUT2D eigenvalue weighted by molar-refractivity contribution is 7.92. The van der Waals surface area contributed by atoms with Gasteiger partial charge in [-0.15, -0.1) is 0 Å². The van der Waals surface area contributed by atoms with Gasteiger partial charge in [0.15, 0.2) is 0 Å². The third-order valence-corrected chi connectivity index (χ3v) is 4.59. The lowest BCUT2D eigenvalue weighted by Gasteiger charge is -2.14. The van der Waals surface area contributed by atoms with Crippen molar-refractivity contribution < 1.29 is 22.0 Å². The molecule has 1 atom stereocenters. The minimum atomic E-state index is -3.85. The van der Waals surface area contributed by atoms with Crippen LogP contribution < -0.4 is 10.0 Å². The van der Waals surface area contributed by atoms with E-state index in [1.54, 1.807) is 0 Å². The molecule has 0 radical (unpaired) electrons. The Morgan fingerprint density at radius 3 is 2.17 bits per heavy atom. The van der Waals surface area contributed by atoms with Gasteiger partial charge < -0.3 is 5.32 Å². The molecule has 0 heterocycles. The molecule has 0 aliphatic carbocycles. The van der Waals surface area contributed by atoms with Gasteiger partial charge in [-0.2, -0.15) is 0 Å². The van der Waals surface area contributed by atoms with Gasteiger partial charge in [0.1, 0.15) is 11.6 Å². The third kappa shape index (κ3) is 5.31. The van der Waals surface area contributed by atoms with Crippen molar-refractivity contribution >= 4 is 27.3 Å². The molecule has 0 bridgehead atoms. The largest absolute Gasteiger partial charge is 0.326 e. The Bertz CT molecular complexity index is 841. The summed E-state index contributed by atoms with van der Waals surface area (Å²) in [7, 11) is -3.85. The Hall–Kier alpha value is -2.48. The number of hydrogen-bond donors (Lipinski definition) is 2. The van der Waals surface area contributed by atoms with E-state index in [0.717, 1.165) is 12.1 Å².